The lowest BCUT2D eigenvalue weighted by Crippen LogP contribution is -1.92. The first-order valence-electron chi connectivity index (χ1n) is 5.62. The highest BCUT2D eigenvalue weighted by Crippen LogP contribution is 2.12. The van der Waals surface area contributed by atoms with Crippen molar-refractivity contribution in [3.05, 3.63) is 12.2 Å². The highest BCUT2D eigenvalue weighted by atomic mass is 35.5. The summed E-state index contributed by atoms with van der Waals surface area (Å²) in [5.41, 5.74) is 0. The van der Waals surface area contributed by atoms with Crippen LogP contribution < -0.4 is 0 Å². The number of halogens is 1. The Labute approximate surface area is 88.4 Å². The predicted octanol–water partition coefficient (Wildman–Crippen LogP) is 4.92. The molecular formula is C12H23Cl. The van der Waals surface area contributed by atoms with Crippen molar-refractivity contribution in [1.29, 1.82) is 0 Å². The van der Waals surface area contributed by atoms with Gasteiger partial charge in [-0.3, -0.25) is 0 Å². The van der Waals surface area contributed by atoms with Crippen LogP contribution in [-0.4, -0.2) is 5.38 Å². The molecule has 0 rings (SSSR count). The number of allylic oxidation sites excluding steroid dienone is 2. The van der Waals surface area contributed by atoms with E-state index in [2.05, 4.69) is 26.0 Å². The summed E-state index contributed by atoms with van der Waals surface area (Å²) in [5.74, 6) is 0. The molecule has 1 heteroatoms. The fraction of sp³-hybridized carbons (Fsp3) is 0.833. The molecule has 0 saturated heterocycles. The fourth-order valence-electron chi connectivity index (χ4n) is 1.32. The van der Waals surface area contributed by atoms with Crippen molar-refractivity contribution in [3.63, 3.8) is 0 Å². The summed E-state index contributed by atoms with van der Waals surface area (Å²) >= 11 is 6.09. The van der Waals surface area contributed by atoms with Crippen molar-refractivity contribution >= 4 is 11.6 Å². The highest BCUT2D eigenvalue weighted by molar-refractivity contribution is 6.21. The van der Waals surface area contributed by atoms with Gasteiger partial charge in [-0.2, -0.15) is 0 Å². The van der Waals surface area contributed by atoms with Crippen molar-refractivity contribution < 1.29 is 0 Å². The van der Waals surface area contributed by atoms with Gasteiger partial charge >= 0.3 is 0 Å². The van der Waals surface area contributed by atoms with Gasteiger partial charge in [-0.1, -0.05) is 58.1 Å². The summed E-state index contributed by atoms with van der Waals surface area (Å²) < 4.78 is 0. The van der Waals surface area contributed by atoms with E-state index in [1.807, 2.05) is 0 Å². The highest BCUT2D eigenvalue weighted by Gasteiger charge is 1.98. The lowest BCUT2D eigenvalue weighted by molar-refractivity contribution is 0.613. The van der Waals surface area contributed by atoms with Crippen LogP contribution in [0.3, 0.4) is 0 Å². The third kappa shape index (κ3) is 9.95. The molecule has 0 aromatic carbocycles. The number of hydrogen-bond donors (Lipinski definition) is 0. The summed E-state index contributed by atoms with van der Waals surface area (Å²) in [4.78, 5) is 0. The van der Waals surface area contributed by atoms with Crippen LogP contribution in [0, 0.1) is 0 Å². The number of rotatable bonds is 8. The molecule has 0 N–H and O–H groups in total. The van der Waals surface area contributed by atoms with Crippen LogP contribution in [0.2, 0.25) is 0 Å². The molecule has 13 heavy (non-hydrogen) atoms. The van der Waals surface area contributed by atoms with Gasteiger partial charge in [0.2, 0.25) is 0 Å². The van der Waals surface area contributed by atoms with Crippen LogP contribution in [0.25, 0.3) is 0 Å². The predicted molar refractivity (Wildman–Crippen MR) is 62.4 cm³/mol. The molecule has 0 fully saturated rings. The van der Waals surface area contributed by atoms with Crippen molar-refractivity contribution in [3.8, 4) is 0 Å². The molecule has 0 aromatic rings. The van der Waals surface area contributed by atoms with Crippen LogP contribution in [0.15, 0.2) is 12.2 Å². The van der Waals surface area contributed by atoms with Gasteiger partial charge in [0.25, 0.3) is 0 Å². The lowest BCUT2D eigenvalue weighted by Gasteiger charge is -2.03. The first kappa shape index (κ1) is 13.0. The summed E-state index contributed by atoms with van der Waals surface area (Å²) in [6, 6.07) is 0. The van der Waals surface area contributed by atoms with E-state index in [4.69, 9.17) is 11.6 Å². The molecule has 0 aliphatic carbocycles. The molecule has 0 spiro atoms. The minimum absolute atomic E-state index is 0.265. The molecule has 0 nitrogen and oxygen atoms in total. The smallest absolute Gasteiger partial charge is 0.0516 e. The van der Waals surface area contributed by atoms with E-state index >= 15 is 0 Å². The van der Waals surface area contributed by atoms with Crippen LogP contribution >= 0.6 is 11.6 Å². The molecule has 0 bridgehead atoms. The maximum Gasteiger partial charge on any atom is 0.0516 e. The average Bonchev–Trinajstić information content (AvgIpc) is 2.14. The second-order valence-electron chi connectivity index (χ2n) is 3.56. The van der Waals surface area contributed by atoms with Gasteiger partial charge < -0.3 is 0 Å². The van der Waals surface area contributed by atoms with Crippen molar-refractivity contribution in [2.45, 2.75) is 64.2 Å². The minimum atomic E-state index is 0.265. The van der Waals surface area contributed by atoms with Crippen LogP contribution in [0.5, 0.6) is 0 Å². The molecule has 78 valence electrons. The molecule has 0 heterocycles. The third-order valence-corrected chi connectivity index (χ3v) is 2.53. The first-order valence-corrected chi connectivity index (χ1v) is 6.05. The fourth-order valence-corrected chi connectivity index (χ4v) is 1.58. The lowest BCUT2D eigenvalue weighted by atomic mass is 10.1. The van der Waals surface area contributed by atoms with Crippen LogP contribution in [0.4, 0.5) is 0 Å². The number of alkyl halides is 1. The summed E-state index contributed by atoms with van der Waals surface area (Å²) in [6.45, 7) is 4.38. The van der Waals surface area contributed by atoms with E-state index in [0.717, 1.165) is 12.8 Å². The van der Waals surface area contributed by atoms with E-state index in [0.29, 0.717) is 0 Å². The van der Waals surface area contributed by atoms with Crippen LogP contribution in [-0.2, 0) is 0 Å². The van der Waals surface area contributed by atoms with Gasteiger partial charge in [0.15, 0.2) is 0 Å². The van der Waals surface area contributed by atoms with E-state index in [1.165, 1.54) is 32.1 Å². The van der Waals surface area contributed by atoms with Crippen molar-refractivity contribution in [2.75, 3.05) is 0 Å². The second-order valence-corrected chi connectivity index (χ2v) is 4.12. The van der Waals surface area contributed by atoms with Gasteiger partial charge in [-0.05, 0) is 12.8 Å². The first-order chi connectivity index (χ1) is 6.31. The van der Waals surface area contributed by atoms with Gasteiger partial charge in [-0.25, -0.2) is 0 Å². The largest absolute Gasteiger partial charge is 0.118 e. The molecular weight excluding hydrogens is 180 g/mol. The van der Waals surface area contributed by atoms with E-state index < -0.39 is 0 Å². The van der Waals surface area contributed by atoms with Crippen molar-refractivity contribution in [2.24, 2.45) is 0 Å². The SMILES string of the molecule is CC/C=C/C(Cl)CCCCCCC. The molecule has 0 aliphatic rings. The van der Waals surface area contributed by atoms with Gasteiger partial charge in [0, 0.05) is 0 Å². The number of hydrogen-bond acceptors (Lipinski definition) is 0. The zero-order valence-electron chi connectivity index (χ0n) is 9.06. The Morgan fingerprint density at radius 2 is 1.77 bits per heavy atom. The Bertz CT molecular complexity index is 118. The molecule has 0 radical (unpaired) electrons. The van der Waals surface area contributed by atoms with Crippen LogP contribution in [0.1, 0.15) is 58.8 Å². The summed E-state index contributed by atoms with van der Waals surface area (Å²) in [5, 5.41) is 0.265. The average molecular weight is 203 g/mol. The molecule has 0 aromatic heterocycles. The minimum Gasteiger partial charge on any atom is -0.118 e. The topological polar surface area (TPSA) is 0 Å². The molecule has 0 saturated carbocycles. The number of unbranched alkanes of at least 4 members (excludes halogenated alkanes) is 4. The third-order valence-electron chi connectivity index (χ3n) is 2.16. The monoisotopic (exact) mass is 202 g/mol. The van der Waals surface area contributed by atoms with Crippen molar-refractivity contribution in [1.82, 2.24) is 0 Å². The molecule has 0 aliphatic heterocycles. The Hall–Kier alpha value is 0.0300. The Kier molecular flexibility index (Phi) is 10.1. The summed E-state index contributed by atoms with van der Waals surface area (Å²) in [7, 11) is 0. The quantitative estimate of drug-likeness (QED) is 0.298. The Balaban J connectivity index is 3.16. The Morgan fingerprint density at radius 1 is 1.08 bits per heavy atom. The standard InChI is InChI=1S/C12H23Cl/c1-3-5-7-8-9-11-12(13)10-6-4-2/h6,10,12H,3-5,7-9,11H2,1-2H3/b10-6+. The summed E-state index contributed by atoms with van der Waals surface area (Å²) in [6.07, 6.45) is 13.2. The van der Waals surface area contributed by atoms with Gasteiger partial charge in [0.1, 0.15) is 0 Å². The van der Waals surface area contributed by atoms with E-state index in [9.17, 15) is 0 Å². The zero-order chi connectivity index (χ0) is 9.94. The zero-order valence-corrected chi connectivity index (χ0v) is 9.82. The maximum atomic E-state index is 6.09. The molecule has 1 unspecified atom stereocenters. The Morgan fingerprint density at radius 3 is 2.38 bits per heavy atom. The van der Waals surface area contributed by atoms with E-state index in [1.54, 1.807) is 0 Å². The van der Waals surface area contributed by atoms with Gasteiger partial charge in [0.05, 0.1) is 5.38 Å². The maximum absolute atomic E-state index is 6.09. The molecule has 0 amide bonds. The normalized spacial score (nSPS) is 13.8. The molecule has 1 atom stereocenters. The van der Waals surface area contributed by atoms with Gasteiger partial charge in [-0.15, -0.1) is 11.6 Å². The second kappa shape index (κ2) is 10.1. The van der Waals surface area contributed by atoms with E-state index in [-0.39, 0.29) is 5.38 Å².